The van der Waals surface area contributed by atoms with E-state index >= 15 is 0 Å². The summed E-state index contributed by atoms with van der Waals surface area (Å²) in [5.41, 5.74) is 1.87. The van der Waals surface area contributed by atoms with Gasteiger partial charge in [-0.3, -0.25) is 13.9 Å². The molecule has 3 aromatic rings. The lowest BCUT2D eigenvalue weighted by Gasteiger charge is -2.34. The zero-order valence-electron chi connectivity index (χ0n) is 22.1. The number of anilines is 1. The average Bonchev–Trinajstić information content (AvgIpc) is 2.88. The van der Waals surface area contributed by atoms with E-state index in [0.717, 1.165) is 9.87 Å². The van der Waals surface area contributed by atoms with Crippen LogP contribution in [0, 0.1) is 6.92 Å². The second-order valence-corrected chi connectivity index (χ2v) is 11.6. The van der Waals surface area contributed by atoms with Crippen LogP contribution in [-0.4, -0.2) is 43.8 Å². The van der Waals surface area contributed by atoms with E-state index < -0.39 is 28.5 Å². The first kappa shape index (κ1) is 29.2. The molecule has 0 aromatic heterocycles. The van der Waals surface area contributed by atoms with E-state index in [9.17, 15) is 18.0 Å². The number of carbonyl (C=O) groups is 2. The van der Waals surface area contributed by atoms with Gasteiger partial charge in [0.25, 0.3) is 10.0 Å². The molecule has 1 atom stereocenters. The van der Waals surface area contributed by atoms with Crippen molar-refractivity contribution in [3.8, 4) is 0 Å². The quantitative estimate of drug-likeness (QED) is 0.353. The third kappa shape index (κ3) is 7.14. The van der Waals surface area contributed by atoms with E-state index in [1.807, 2.05) is 26.8 Å². The van der Waals surface area contributed by atoms with E-state index in [1.165, 1.54) is 17.0 Å². The number of nitrogens with one attached hydrogen (secondary N) is 1. The Morgan fingerprint density at radius 3 is 2.11 bits per heavy atom. The van der Waals surface area contributed by atoms with Gasteiger partial charge in [-0.15, -0.1) is 0 Å². The minimum Gasteiger partial charge on any atom is -0.352 e. The molecule has 7 nitrogen and oxygen atoms in total. The number of hydrogen-bond acceptors (Lipinski definition) is 4. The minimum absolute atomic E-state index is 0.0740. The van der Waals surface area contributed by atoms with Gasteiger partial charge in [0.05, 0.1) is 10.6 Å². The lowest BCUT2D eigenvalue weighted by atomic mass is 10.1. The largest absolute Gasteiger partial charge is 0.352 e. The maximum absolute atomic E-state index is 14.0. The number of rotatable bonds is 11. The SMILES string of the molecule is CCC(C(=O)NC(C)C)N(Cc1ccc(Cl)cc1)C(=O)CN(c1ccccc1C)S(=O)(=O)c1ccccc1. The second kappa shape index (κ2) is 12.9. The summed E-state index contributed by atoms with van der Waals surface area (Å²) in [6.45, 7) is 6.97. The highest BCUT2D eigenvalue weighted by molar-refractivity contribution is 7.92. The van der Waals surface area contributed by atoms with Gasteiger partial charge in [-0.1, -0.05) is 67.1 Å². The van der Waals surface area contributed by atoms with Gasteiger partial charge in [0, 0.05) is 17.6 Å². The molecular formula is C29H34ClN3O4S. The summed E-state index contributed by atoms with van der Waals surface area (Å²) in [7, 11) is -4.09. The molecule has 0 aliphatic carbocycles. The first-order chi connectivity index (χ1) is 18.0. The van der Waals surface area contributed by atoms with Crippen molar-refractivity contribution in [2.75, 3.05) is 10.8 Å². The molecule has 38 heavy (non-hydrogen) atoms. The summed E-state index contributed by atoms with van der Waals surface area (Å²) in [5, 5.41) is 3.44. The number of amides is 2. The Morgan fingerprint density at radius 1 is 0.921 bits per heavy atom. The third-order valence-corrected chi connectivity index (χ3v) is 8.10. The fourth-order valence-corrected chi connectivity index (χ4v) is 5.79. The summed E-state index contributed by atoms with van der Waals surface area (Å²) in [6, 6.07) is 21.1. The molecule has 0 aliphatic rings. The van der Waals surface area contributed by atoms with Crippen molar-refractivity contribution in [3.63, 3.8) is 0 Å². The molecule has 3 aromatic carbocycles. The van der Waals surface area contributed by atoms with Crippen molar-refractivity contribution < 1.29 is 18.0 Å². The summed E-state index contributed by atoms with van der Waals surface area (Å²) in [6.07, 6.45) is 0.355. The molecule has 0 saturated heterocycles. The van der Waals surface area contributed by atoms with Crippen molar-refractivity contribution in [2.45, 2.75) is 57.6 Å². The van der Waals surface area contributed by atoms with E-state index in [4.69, 9.17) is 11.6 Å². The van der Waals surface area contributed by atoms with Crippen molar-refractivity contribution >= 4 is 39.1 Å². The number of hydrogen-bond donors (Lipinski definition) is 1. The van der Waals surface area contributed by atoms with Crippen LogP contribution in [0.2, 0.25) is 5.02 Å². The maximum atomic E-state index is 14.0. The smallest absolute Gasteiger partial charge is 0.264 e. The molecule has 202 valence electrons. The van der Waals surface area contributed by atoms with Crippen LogP contribution in [0.5, 0.6) is 0 Å². The lowest BCUT2D eigenvalue weighted by molar-refractivity contribution is -0.140. The zero-order chi connectivity index (χ0) is 27.9. The van der Waals surface area contributed by atoms with Gasteiger partial charge in [0.1, 0.15) is 12.6 Å². The molecular weight excluding hydrogens is 522 g/mol. The Labute approximate surface area is 230 Å². The monoisotopic (exact) mass is 555 g/mol. The van der Waals surface area contributed by atoms with Crippen LogP contribution in [-0.2, 0) is 26.2 Å². The molecule has 3 rings (SSSR count). The summed E-state index contributed by atoms with van der Waals surface area (Å²) in [5.74, 6) is -0.786. The summed E-state index contributed by atoms with van der Waals surface area (Å²) in [4.78, 5) is 28.7. The number of aryl methyl sites for hydroxylation is 1. The molecule has 1 unspecified atom stereocenters. The average molecular weight is 556 g/mol. The number of nitrogens with zero attached hydrogens (tertiary/aromatic N) is 2. The Hall–Kier alpha value is -3.36. The zero-order valence-corrected chi connectivity index (χ0v) is 23.7. The fourth-order valence-electron chi connectivity index (χ4n) is 4.16. The maximum Gasteiger partial charge on any atom is 0.264 e. The molecule has 9 heteroatoms. The van der Waals surface area contributed by atoms with Gasteiger partial charge in [0.2, 0.25) is 11.8 Å². The van der Waals surface area contributed by atoms with E-state index in [0.29, 0.717) is 22.7 Å². The summed E-state index contributed by atoms with van der Waals surface area (Å²) >= 11 is 6.05. The van der Waals surface area contributed by atoms with Gasteiger partial charge in [-0.25, -0.2) is 8.42 Å². The Morgan fingerprint density at radius 2 is 1.53 bits per heavy atom. The van der Waals surface area contributed by atoms with Gasteiger partial charge >= 0.3 is 0 Å². The number of carbonyl (C=O) groups excluding carboxylic acids is 2. The van der Waals surface area contributed by atoms with Crippen molar-refractivity contribution in [3.05, 3.63) is 95.0 Å². The topological polar surface area (TPSA) is 86.8 Å². The molecule has 2 amide bonds. The Bertz CT molecular complexity index is 1350. The highest BCUT2D eigenvalue weighted by Crippen LogP contribution is 2.27. The highest BCUT2D eigenvalue weighted by Gasteiger charge is 2.34. The molecule has 0 radical (unpaired) electrons. The Balaban J connectivity index is 2.06. The first-order valence-corrected chi connectivity index (χ1v) is 14.3. The van der Waals surface area contributed by atoms with Crippen molar-refractivity contribution in [2.24, 2.45) is 0 Å². The number of para-hydroxylation sites is 1. The van der Waals surface area contributed by atoms with Crippen LogP contribution in [0.25, 0.3) is 0 Å². The normalized spacial score (nSPS) is 12.2. The van der Waals surface area contributed by atoms with Crippen LogP contribution in [0.1, 0.15) is 38.3 Å². The molecule has 0 aliphatic heterocycles. The number of halogens is 1. The first-order valence-electron chi connectivity index (χ1n) is 12.5. The van der Waals surface area contributed by atoms with Crippen LogP contribution in [0.15, 0.2) is 83.8 Å². The molecule has 0 saturated carbocycles. The van der Waals surface area contributed by atoms with Crippen LogP contribution in [0.3, 0.4) is 0 Å². The van der Waals surface area contributed by atoms with E-state index in [1.54, 1.807) is 67.6 Å². The second-order valence-electron chi connectivity index (χ2n) is 9.35. The third-order valence-electron chi connectivity index (χ3n) is 6.08. The molecule has 0 bridgehead atoms. The molecule has 0 fully saturated rings. The Kier molecular flexibility index (Phi) is 9.94. The van der Waals surface area contributed by atoms with E-state index in [2.05, 4.69) is 5.32 Å². The van der Waals surface area contributed by atoms with E-state index in [-0.39, 0.29) is 23.4 Å². The van der Waals surface area contributed by atoms with Gasteiger partial charge < -0.3 is 10.2 Å². The fraction of sp³-hybridized carbons (Fsp3) is 0.310. The van der Waals surface area contributed by atoms with Crippen LogP contribution >= 0.6 is 11.6 Å². The van der Waals surface area contributed by atoms with Gasteiger partial charge in [-0.2, -0.15) is 0 Å². The molecule has 0 heterocycles. The van der Waals surface area contributed by atoms with Gasteiger partial charge in [-0.05, 0) is 68.7 Å². The standard InChI is InChI=1S/C29H34ClN3O4S/c1-5-26(29(35)31-21(2)3)32(19-23-15-17-24(30)18-16-23)28(34)20-33(27-14-10-9-11-22(27)4)38(36,37)25-12-7-6-8-13-25/h6-18,21,26H,5,19-20H2,1-4H3,(H,31,35). The molecule has 0 spiro atoms. The van der Waals surface area contributed by atoms with Crippen molar-refractivity contribution in [1.82, 2.24) is 10.2 Å². The number of benzene rings is 3. The predicted molar refractivity (Wildman–Crippen MR) is 152 cm³/mol. The van der Waals surface area contributed by atoms with Gasteiger partial charge in [0.15, 0.2) is 0 Å². The predicted octanol–water partition coefficient (Wildman–Crippen LogP) is 5.18. The highest BCUT2D eigenvalue weighted by atomic mass is 35.5. The van der Waals surface area contributed by atoms with Crippen LogP contribution in [0.4, 0.5) is 5.69 Å². The van der Waals surface area contributed by atoms with Crippen LogP contribution < -0.4 is 9.62 Å². The number of sulfonamides is 1. The molecule has 1 N–H and O–H groups in total. The van der Waals surface area contributed by atoms with Crippen molar-refractivity contribution in [1.29, 1.82) is 0 Å². The summed E-state index contributed by atoms with van der Waals surface area (Å²) < 4.78 is 28.8. The lowest BCUT2D eigenvalue weighted by Crippen LogP contribution is -2.53. The minimum atomic E-state index is -4.09.